The average Bonchev–Trinajstić information content (AvgIpc) is 1.59. The van der Waals surface area contributed by atoms with Crippen LogP contribution in [0.4, 0.5) is 8.78 Å². The lowest BCUT2D eigenvalue weighted by Gasteiger charge is -2.10. The van der Waals surface area contributed by atoms with Crippen molar-refractivity contribution in [3.8, 4) is 0 Å². The highest BCUT2D eigenvalue weighted by molar-refractivity contribution is 4.75. The first-order valence-corrected chi connectivity index (χ1v) is 2.58. The summed E-state index contributed by atoms with van der Waals surface area (Å²) in [6, 6.07) is 0. The molecule has 0 unspecified atom stereocenters. The predicted molar refractivity (Wildman–Crippen MR) is 31.4 cm³/mol. The number of alkyl halides is 2. The lowest BCUT2D eigenvalue weighted by atomic mass is 10.4. The third-order valence-corrected chi connectivity index (χ3v) is 0.572. The topological polar surface area (TPSA) is 9.23 Å². The molecule has 0 aromatic carbocycles. The molecule has 0 aliphatic rings. The van der Waals surface area contributed by atoms with Crippen LogP contribution in [0.15, 0.2) is 12.3 Å². The zero-order chi connectivity index (χ0) is 7.49. The first-order chi connectivity index (χ1) is 3.92. The smallest absolute Gasteiger partial charge is 0.278 e. The summed E-state index contributed by atoms with van der Waals surface area (Å²) in [7, 11) is 0. The Morgan fingerprint density at radius 1 is 1.67 bits per heavy atom. The minimum atomic E-state index is -2.75. The highest BCUT2D eigenvalue weighted by Crippen LogP contribution is 2.12. The maximum absolute atomic E-state index is 11.9. The number of hydrogen-bond acceptors (Lipinski definition) is 1. The maximum Gasteiger partial charge on any atom is 0.278 e. The monoisotopic (exact) mass is 136 g/mol. The Hall–Kier alpha value is -0.600. The van der Waals surface area contributed by atoms with Crippen LogP contribution in [0.25, 0.3) is 0 Å². The van der Waals surface area contributed by atoms with Crippen molar-refractivity contribution in [3.63, 3.8) is 0 Å². The summed E-state index contributed by atoms with van der Waals surface area (Å²) < 4.78 is 28.3. The minimum Gasteiger partial charge on any atom is -0.493 e. The number of halogens is 2. The van der Waals surface area contributed by atoms with Gasteiger partial charge in [-0.05, 0) is 6.92 Å². The molecule has 0 aromatic heterocycles. The fourth-order valence-corrected chi connectivity index (χ4v) is 0.250. The van der Waals surface area contributed by atoms with Crippen LogP contribution >= 0.6 is 0 Å². The summed E-state index contributed by atoms with van der Waals surface area (Å²) in [6.07, 6.45) is 0. The molecule has 1 nitrogen and oxygen atoms in total. The second kappa shape index (κ2) is 2.80. The van der Waals surface area contributed by atoms with Crippen LogP contribution in [0.2, 0.25) is 0 Å². The first kappa shape index (κ1) is 8.40. The highest BCUT2D eigenvalue weighted by atomic mass is 19.3. The van der Waals surface area contributed by atoms with E-state index in [9.17, 15) is 8.78 Å². The fourth-order valence-electron chi connectivity index (χ4n) is 0.250. The molecular formula is C6H10F2O. The summed E-state index contributed by atoms with van der Waals surface area (Å²) in [5.41, 5.74) is 0. The van der Waals surface area contributed by atoms with Gasteiger partial charge < -0.3 is 4.74 Å². The van der Waals surface area contributed by atoms with Gasteiger partial charge in [-0.15, -0.1) is 0 Å². The molecule has 54 valence electrons. The van der Waals surface area contributed by atoms with Crippen molar-refractivity contribution in [1.29, 1.82) is 0 Å². The van der Waals surface area contributed by atoms with E-state index >= 15 is 0 Å². The summed E-state index contributed by atoms with van der Waals surface area (Å²) in [6.45, 7) is 5.06. The van der Waals surface area contributed by atoms with Crippen LogP contribution in [-0.4, -0.2) is 12.5 Å². The van der Waals surface area contributed by atoms with Gasteiger partial charge in [0.25, 0.3) is 5.92 Å². The van der Waals surface area contributed by atoms with Crippen LogP contribution < -0.4 is 0 Å². The number of hydrogen-bond donors (Lipinski definition) is 0. The molecule has 0 atom stereocenters. The molecule has 0 spiro atoms. The van der Waals surface area contributed by atoms with Crippen molar-refractivity contribution in [2.75, 3.05) is 6.61 Å². The van der Waals surface area contributed by atoms with E-state index < -0.39 is 12.5 Å². The van der Waals surface area contributed by atoms with E-state index in [4.69, 9.17) is 0 Å². The standard InChI is InChI=1S/C6H10F2O/c1-5(2)9-4-6(3,7)8/h1,4H2,2-3H3. The molecule has 0 aliphatic carbocycles. The predicted octanol–water partition coefficient (Wildman–Crippen LogP) is 2.19. The van der Waals surface area contributed by atoms with E-state index in [-0.39, 0.29) is 0 Å². The Morgan fingerprint density at radius 2 is 2.11 bits per heavy atom. The Bertz CT molecular complexity index is 104. The van der Waals surface area contributed by atoms with E-state index in [0.29, 0.717) is 5.76 Å². The SMILES string of the molecule is C=C(C)OCC(C)(F)F. The largest absolute Gasteiger partial charge is 0.493 e. The molecular weight excluding hydrogens is 126 g/mol. The van der Waals surface area contributed by atoms with E-state index in [1.165, 1.54) is 6.92 Å². The molecule has 9 heavy (non-hydrogen) atoms. The Balaban J connectivity index is 3.39. The summed E-state index contributed by atoms with van der Waals surface area (Å²) >= 11 is 0. The normalized spacial score (nSPS) is 11.1. The van der Waals surface area contributed by atoms with Crippen LogP contribution in [0.3, 0.4) is 0 Å². The Labute approximate surface area is 53.3 Å². The van der Waals surface area contributed by atoms with Gasteiger partial charge in [0.05, 0.1) is 5.76 Å². The molecule has 0 bridgehead atoms. The third-order valence-electron chi connectivity index (χ3n) is 0.572. The molecule has 0 rings (SSSR count). The van der Waals surface area contributed by atoms with E-state index in [1.807, 2.05) is 0 Å². The molecule has 0 aliphatic heterocycles. The second-order valence-electron chi connectivity index (χ2n) is 2.06. The second-order valence-corrected chi connectivity index (χ2v) is 2.06. The molecule has 3 heteroatoms. The molecule has 0 amide bonds. The number of ether oxygens (including phenoxy) is 1. The quantitative estimate of drug-likeness (QED) is 0.540. The van der Waals surface area contributed by atoms with Gasteiger partial charge in [0.2, 0.25) is 0 Å². The van der Waals surface area contributed by atoms with Crippen molar-refractivity contribution in [2.24, 2.45) is 0 Å². The molecule has 0 aromatic rings. The van der Waals surface area contributed by atoms with Crippen LogP contribution in [0.5, 0.6) is 0 Å². The number of allylic oxidation sites excluding steroid dienone is 1. The molecule has 0 N–H and O–H groups in total. The Kier molecular flexibility index (Phi) is 2.62. The van der Waals surface area contributed by atoms with Gasteiger partial charge >= 0.3 is 0 Å². The van der Waals surface area contributed by atoms with Crippen molar-refractivity contribution < 1.29 is 13.5 Å². The van der Waals surface area contributed by atoms with Gasteiger partial charge in [-0.2, -0.15) is 0 Å². The van der Waals surface area contributed by atoms with Gasteiger partial charge in [-0.1, -0.05) is 6.58 Å². The third kappa shape index (κ3) is 7.40. The van der Waals surface area contributed by atoms with Crippen molar-refractivity contribution >= 4 is 0 Å². The lowest BCUT2D eigenvalue weighted by molar-refractivity contribution is -0.0432. The average molecular weight is 136 g/mol. The van der Waals surface area contributed by atoms with E-state index in [2.05, 4.69) is 11.3 Å². The van der Waals surface area contributed by atoms with Crippen molar-refractivity contribution in [3.05, 3.63) is 12.3 Å². The molecule has 0 saturated carbocycles. The summed E-state index contributed by atoms with van der Waals surface area (Å²) in [4.78, 5) is 0. The fraction of sp³-hybridized carbons (Fsp3) is 0.667. The van der Waals surface area contributed by atoms with Gasteiger partial charge in [0.1, 0.15) is 0 Å². The first-order valence-electron chi connectivity index (χ1n) is 2.58. The number of rotatable bonds is 3. The zero-order valence-electron chi connectivity index (χ0n) is 5.58. The van der Waals surface area contributed by atoms with E-state index in [0.717, 1.165) is 6.92 Å². The molecule has 0 heterocycles. The molecule has 0 radical (unpaired) electrons. The van der Waals surface area contributed by atoms with Gasteiger partial charge in [0, 0.05) is 6.92 Å². The van der Waals surface area contributed by atoms with E-state index in [1.54, 1.807) is 0 Å². The Morgan fingerprint density at radius 3 is 2.22 bits per heavy atom. The van der Waals surface area contributed by atoms with Gasteiger partial charge in [0.15, 0.2) is 6.61 Å². The van der Waals surface area contributed by atoms with Gasteiger partial charge in [-0.3, -0.25) is 0 Å². The van der Waals surface area contributed by atoms with Crippen LogP contribution in [-0.2, 0) is 4.74 Å². The van der Waals surface area contributed by atoms with Crippen molar-refractivity contribution in [1.82, 2.24) is 0 Å². The molecule has 0 fully saturated rings. The zero-order valence-corrected chi connectivity index (χ0v) is 5.58. The summed E-state index contributed by atoms with van der Waals surface area (Å²) in [5, 5.41) is 0. The summed E-state index contributed by atoms with van der Waals surface area (Å²) in [5.74, 6) is -2.43. The molecule has 0 saturated heterocycles. The van der Waals surface area contributed by atoms with Crippen molar-refractivity contribution in [2.45, 2.75) is 19.8 Å². The van der Waals surface area contributed by atoms with Gasteiger partial charge in [-0.25, -0.2) is 8.78 Å². The maximum atomic E-state index is 11.9. The minimum absolute atomic E-state index is 0.316. The van der Waals surface area contributed by atoms with Crippen LogP contribution in [0.1, 0.15) is 13.8 Å². The highest BCUT2D eigenvalue weighted by Gasteiger charge is 2.21. The van der Waals surface area contributed by atoms with Crippen LogP contribution in [0, 0.1) is 0 Å². The lowest BCUT2D eigenvalue weighted by Crippen LogP contribution is -2.17.